The molecule has 2 heterocycles. The fraction of sp³-hybridized carbons (Fsp3) is 0.500. The molecular formula is C10H10F3N3O2. The van der Waals surface area contributed by atoms with E-state index in [0.29, 0.717) is 0 Å². The van der Waals surface area contributed by atoms with Crippen LogP contribution in [0, 0.1) is 5.92 Å². The summed E-state index contributed by atoms with van der Waals surface area (Å²) in [5.41, 5.74) is -1.41. The Balaban J connectivity index is 2.52. The van der Waals surface area contributed by atoms with Gasteiger partial charge in [-0.2, -0.15) is 18.2 Å². The van der Waals surface area contributed by atoms with Crippen molar-refractivity contribution >= 4 is 0 Å². The summed E-state index contributed by atoms with van der Waals surface area (Å²) in [5, 5.41) is 6.64. The summed E-state index contributed by atoms with van der Waals surface area (Å²) in [6.07, 6.45) is -3.43. The first-order chi connectivity index (χ1) is 8.39. The highest BCUT2D eigenvalue weighted by molar-refractivity contribution is 5.54. The molecule has 5 nitrogen and oxygen atoms in total. The van der Waals surface area contributed by atoms with E-state index >= 15 is 0 Å². The third-order valence-corrected chi connectivity index (χ3v) is 2.20. The highest BCUT2D eigenvalue weighted by atomic mass is 19.4. The molecule has 0 aliphatic carbocycles. The molecular weight excluding hydrogens is 251 g/mol. The van der Waals surface area contributed by atoms with Crippen LogP contribution in [0.5, 0.6) is 0 Å². The van der Waals surface area contributed by atoms with Crippen molar-refractivity contribution in [2.45, 2.75) is 26.4 Å². The first kappa shape index (κ1) is 12.6. The average molecular weight is 261 g/mol. The van der Waals surface area contributed by atoms with E-state index in [1.165, 1.54) is 0 Å². The predicted octanol–water partition coefficient (Wildman–Crippen LogP) is 2.94. The zero-order valence-corrected chi connectivity index (χ0v) is 9.65. The molecule has 0 unspecified atom stereocenters. The van der Waals surface area contributed by atoms with E-state index in [1.807, 2.05) is 0 Å². The molecule has 0 radical (unpaired) electrons. The van der Waals surface area contributed by atoms with Gasteiger partial charge in [0.15, 0.2) is 12.0 Å². The molecule has 0 atom stereocenters. The molecule has 18 heavy (non-hydrogen) atoms. The maximum absolute atomic E-state index is 13.0. The van der Waals surface area contributed by atoms with Crippen LogP contribution in [0.1, 0.15) is 25.2 Å². The van der Waals surface area contributed by atoms with Crippen LogP contribution in [0.4, 0.5) is 13.2 Å². The highest BCUT2D eigenvalue weighted by Gasteiger charge is 2.42. The van der Waals surface area contributed by atoms with Crippen LogP contribution in [0.15, 0.2) is 15.4 Å². The van der Waals surface area contributed by atoms with E-state index in [-0.39, 0.29) is 24.0 Å². The number of nitrogens with zero attached hydrogens (tertiary/aromatic N) is 3. The van der Waals surface area contributed by atoms with Crippen molar-refractivity contribution in [1.29, 1.82) is 0 Å². The molecule has 0 N–H and O–H groups in total. The van der Waals surface area contributed by atoms with Crippen molar-refractivity contribution in [3.63, 3.8) is 0 Å². The van der Waals surface area contributed by atoms with E-state index in [9.17, 15) is 13.2 Å². The van der Waals surface area contributed by atoms with Crippen LogP contribution in [0.2, 0.25) is 0 Å². The van der Waals surface area contributed by atoms with E-state index < -0.39 is 17.4 Å². The van der Waals surface area contributed by atoms with E-state index in [2.05, 4.69) is 19.8 Å². The molecule has 0 saturated heterocycles. The molecule has 0 bridgehead atoms. The largest absolute Gasteiger partial charge is 0.422 e. The molecule has 0 aromatic carbocycles. The molecule has 0 aliphatic heterocycles. The quantitative estimate of drug-likeness (QED) is 0.849. The predicted molar refractivity (Wildman–Crippen MR) is 53.3 cm³/mol. The van der Waals surface area contributed by atoms with Crippen molar-refractivity contribution in [3.8, 4) is 11.6 Å². The van der Waals surface area contributed by atoms with Crippen LogP contribution >= 0.6 is 0 Å². The van der Waals surface area contributed by atoms with E-state index in [0.717, 1.165) is 6.33 Å². The molecule has 2 aromatic heterocycles. The van der Waals surface area contributed by atoms with E-state index in [1.54, 1.807) is 13.8 Å². The Morgan fingerprint density at radius 3 is 2.50 bits per heavy atom. The summed E-state index contributed by atoms with van der Waals surface area (Å²) in [6, 6.07) is 0. The second kappa shape index (κ2) is 4.43. The Morgan fingerprint density at radius 2 is 2.00 bits per heavy atom. The minimum Gasteiger partial charge on any atom is -0.360 e. The lowest BCUT2D eigenvalue weighted by molar-refractivity contribution is -0.138. The van der Waals surface area contributed by atoms with Gasteiger partial charge in [0.2, 0.25) is 0 Å². The van der Waals surface area contributed by atoms with Crippen molar-refractivity contribution in [2.24, 2.45) is 5.92 Å². The second-order valence-electron chi connectivity index (χ2n) is 4.17. The first-order valence-electron chi connectivity index (χ1n) is 5.22. The summed E-state index contributed by atoms with van der Waals surface area (Å²) < 4.78 is 48.3. The summed E-state index contributed by atoms with van der Waals surface area (Å²) in [4.78, 5) is 3.55. The summed E-state index contributed by atoms with van der Waals surface area (Å²) in [7, 11) is 0. The fourth-order valence-electron chi connectivity index (χ4n) is 1.55. The highest BCUT2D eigenvalue weighted by Crippen LogP contribution is 2.39. The molecule has 0 spiro atoms. The fourth-order valence-corrected chi connectivity index (χ4v) is 1.55. The molecule has 98 valence electrons. The Morgan fingerprint density at radius 1 is 1.28 bits per heavy atom. The van der Waals surface area contributed by atoms with Crippen molar-refractivity contribution in [3.05, 3.63) is 17.7 Å². The number of hydrogen-bond donors (Lipinski definition) is 0. The minimum absolute atomic E-state index is 0.00888. The Kier molecular flexibility index (Phi) is 3.10. The smallest absolute Gasteiger partial charge is 0.360 e. The summed E-state index contributed by atoms with van der Waals surface area (Å²) >= 11 is 0. The second-order valence-corrected chi connectivity index (χ2v) is 4.17. The van der Waals surface area contributed by atoms with Crippen LogP contribution in [0.3, 0.4) is 0 Å². The van der Waals surface area contributed by atoms with Gasteiger partial charge >= 0.3 is 6.18 Å². The van der Waals surface area contributed by atoms with Crippen molar-refractivity contribution < 1.29 is 22.2 Å². The van der Waals surface area contributed by atoms with Crippen LogP contribution in [0.25, 0.3) is 11.6 Å². The molecule has 0 amide bonds. The standard InChI is InChI=1S/C10H10F3N3O2/c1-5(2)3-6-7(10(11,12)13)8(16-17-6)9-14-4-15-18-9/h4-5H,3H2,1-2H3. The number of hydrogen-bond acceptors (Lipinski definition) is 5. The number of alkyl halides is 3. The van der Waals surface area contributed by atoms with Gasteiger partial charge < -0.3 is 9.05 Å². The van der Waals surface area contributed by atoms with Gasteiger partial charge in [-0.25, -0.2) is 0 Å². The summed E-state index contributed by atoms with van der Waals surface area (Å²) in [6.45, 7) is 3.57. The lowest BCUT2D eigenvalue weighted by Gasteiger charge is -2.07. The molecule has 2 rings (SSSR count). The van der Waals surface area contributed by atoms with Gasteiger partial charge in [0.25, 0.3) is 5.89 Å². The van der Waals surface area contributed by atoms with Gasteiger partial charge in [-0.15, -0.1) is 0 Å². The minimum atomic E-state index is -4.58. The molecule has 2 aromatic rings. The van der Waals surface area contributed by atoms with Crippen molar-refractivity contribution in [2.75, 3.05) is 0 Å². The molecule has 0 fully saturated rings. The number of rotatable bonds is 3. The summed E-state index contributed by atoms with van der Waals surface area (Å²) in [5.74, 6) is -0.513. The lowest BCUT2D eigenvalue weighted by atomic mass is 10.0. The normalized spacial score (nSPS) is 12.3. The zero-order valence-electron chi connectivity index (χ0n) is 9.65. The maximum atomic E-state index is 13.0. The van der Waals surface area contributed by atoms with Crippen LogP contribution in [-0.4, -0.2) is 15.3 Å². The van der Waals surface area contributed by atoms with Gasteiger partial charge in [0, 0.05) is 6.42 Å². The monoisotopic (exact) mass is 261 g/mol. The molecule has 0 saturated carbocycles. The maximum Gasteiger partial charge on any atom is 0.422 e. The Labute approximate surface area is 100.0 Å². The third-order valence-electron chi connectivity index (χ3n) is 2.20. The average Bonchev–Trinajstić information content (AvgIpc) is 2.81. The van der Waals surface area contributed by atoms with Crippen LogP contribution < -0.4 is 0 Å². The van der Waals surface area contributed by atoms with Gasteiger partial charge in [-0.05, 0) is 5.92 Å². The van der Waals surface area contributed by atoms with Crippen LogP contribution in [-0.2, 0) is 12.6 Å². The molecule has 8 heteroatoms. The van der Waals surface area contributed by atoms with Gasteiger partial charge in [-0.3, -0.25) is 0 Å². The van der Waals surface area contributed by atoms with Gasteiger partial charge in [0.1, 0.15) is 11.3 Å². The van der Waals surface area contributed by atoms with Gasteiger partial charge in [0.05, 0.1) is 0 Å². The SMILES string of the molecule is CC(C)Cc1onc(-c2ncno2)c1C(F)(F)F. The molecule has 0 aliphatic rings. The zero-order chi connectivity index (χ0) is 13.3. The topological polar surface area (TPSA) is 65.0 Å². The number of halogens is 3. The first-order valence-corrected chi connectivity index (χ1v) is 5.22. The van der Waals surface area contributed by atoms with Gasteiger partial charge in [-0.1, -0.05) is 24.2 Å². The van der Waals surface area contributed by atoms with Crippen molar-refractivity contribution in [1.82, 2.24) is 15.3 Å². The Hall–Kier alpha value is -1.86. The van der Waals surface area contributed by atoms with E-state index in [4.69, 9.17) is 4.52 Å². The number of aromatic nitrogens is 3. The third kappa shape index (κ3) is 2.36. The Bertz CT molecular complexity index is 517. The lowest BCUT2D eigenvalue weighted by Crippen LogP contribution is -2.10.